The molecule has 0 atom stereocenters. The van der Waals surface area contributed by atoms with Crippen LogP contribution in [-0.2, 0) is 10.0 Å². The van der Waals surface area contributed by atoms with Crippen molar-refractivity contribution in [3.63, 3.8) is 0 Å². The molecule has 4 N–H and O–H groups in total. The summed E-state index contributed by atoms with van der Waals surface area (Å²) in [6, 6.07) is 4.69. The molecular weight excluding hydrogens is 347 g/mol. The van der Waals surface area contributed by atoms with E-state index in [1.165, 1.54) is 18.2 Å². The van der Waals surface area contributed by atoms with Gasteiger partial charge in [-0.1, -0.05) is 6.07 Å². The summed E-state index contributed by atoms with van der Waals surface area (Å²) in [5.41, 5.74) is 4.99. The van der Waals surface area contributed by atoms with Gasteiger partial charge < -0.3 is 11.1 Å². The first-order chi connectivity index (χ1) is 9.65. The SMILES string of the molecule is Cl.NCCNS(=O)(=O)c1cccc(C(=O)NCC(F)(F)F)c1. The van der Waals surface area contributed by atoms with E-state index < -0.39 is 28.7 Å². The van der Waals surface area contributed by atoms with Gasteiger partial charge in [-0.3, -0.25) is 4.79 Å². The molecule has 0 saturated carbocycles. The molecule has 1 amide bonds. The van der Waals surface area contributed by atoms with E-state index in [0.29, 0.717) is 0 Å². The smallest absolute Gasteiger partial charge is 0.343 e. The maximum Gasteiger partial charge on any atom is 0.405 e. The minimum absolute atomic E-state index is 0. The van der Waals surface area contributed by atoms with E-state index in [2.05, 4.69) is 4.72 Å². The van der Waals surface area contributed by atoms with Gasteiger partial charge in [0.2, 0.25) is 10.0 Å². The minimum Gasteiger partial charge on any atom is -0.343 e. The fraction of sp³-hybridized carbons (Fsp3) is 0.364. The van der Waals surface area contributed by atoms with Crippen molar-refractivity contribution in [2.45, 2.75) is 11.1 Å². The number of hydrogen-bond donors (Lipinski definition) is 3. The quantitative estimate of drug-likeness (QED) is 0.692. The van der Waals surface area contributed by atoms with E-state index in [4.69, 9.17) is 5.73 Å². The van der Waals surface area contributed by atoms with Crippen molar-refractivity contribution >= 4 is 28.3 Å². The normalized spacial score (nSPS) is 11.6. The summed E-state index contributed by atoms with van der Waals surface area (Å²) in [5.74, 6) is -1.01. The summed E-state index contributed by atoms with van der Waals surface area (Å²) < 4.78 is 61.8. The van der Waals surface area contributed by atoms with Gasteiger partial charge >= 0.3 is 6.18 Å². The molecule has 0 aliphatic carbocycles. The van der Waals surface area contributed by atoms with Crippen molar-refractivity contribution in [3.05, 3.63) is 29.8 Å². The number of rotatable bonds is 6. The molecule has 1 aromatic carbocycles. The van der Waals surface area contributed by atoms with Crippen LogP contribution in [-0.4, -0.2) is 40.1 Å². The van der Waals surface area contributed by atoms with Crippen molar-refractivity contribution in [3.8, 4) is 0 Å². The Bertz CT molecular complexity index is 608. The second-order valence-corrected chi connectivity index (χ2v) is 5.78. The van der Waals surface area contributed by atoms with Gasteiger partial charge in [-0.15, -0.1) is 12.4 Å². The molecule has 0 saturated heterocycles. The number of sulfonamides is 1. The first-order valence-corrected chi connectivity index (χ1v) is 7.29. The van der Waals surface area contributed by atoms with Crippen LogP contribution in [0, 0.1) is 0 Å². The molecule has 126 valence electrons. The van der Waals surface area contributed by atoms with Gasteiger partial charge in [0.15, 0.2) is 0 Å². The molecule has 11 heteroatoms. The number of amides is 1. The predicted molar refractivity (Wildman–Crippen MR) is 76.3 cm³/mol. The number of nitrogens with two attached hydrogens (primary N) is 1. The van der Waals surface area contributed by atoms with Crippen molar-refractivity contribution in [2.24, 2.45) is 5.73 Å². The van der Waals surface area contributed by atoms with Crippen molar-refractivity contribution in [2.75, 3.05) is 19.6 Å². The van der Waals surface area contributed by atoms with Crippen LogP contribution in [0.1, 0.15) is 10.4 Å². The molecule has 6 nitrogen and oxygen atoms in total. The molecule has 0 unspecified atom stereocenters. The summed E-state index contributed by atoms with van der Waals surface area (Å²) in [6.45, 7) is -1.40. The standard InChI is InChI=1S/C11H14F3N3O3S.ClH/c12-11(13,14)7-16-10(18)8-2-1-3-9(6-8)21(19,20)17-5-4-15;/h1-3,6,17H,4-5,7,15H2,(H,16,18);1H. The number of alkyl halides is 3. The van der Waals surface area contributed by atoms with Gasteiger partial charge in [0.05, 0.1) is 4.90 Å². The van der Waals surface area contributed by atoms with Crippen LogP contribution in [0.2, 0.25) is 0 Å². The largest absolute Gasteiger partial charge is 0.405 e. The monoisotopic (exact) mass is 361 g/mol. The van der Waals surface area contributed by atoms with Gasteiger partial charge in [0.25, 0.3) is 5.91 Å². The second kappa shape index (κ2) is 8.32. The Kier molecular flexibility index (Phi) is 7.81. The molecule has 0 fully saturated rings. The number of carbonyl (C=O) groups is 1. The Hall–Kier alpha value is -1.36. The van der Waals surface area contributed by atoms with Crippen LogP contribution >= 0.6 is 12.4 Å². The number of carbonyl (C=O) groups excluding carboxylic acids is 1. The van der Waals surface area contributed by atoms with E-state index in [-0.39, 0.29) is 36.0 Å². The Morgan fingerprint density at radius 1 is 1.27 bits per heavy atom. The van der Waals surface area contributed by atoms with Crippen molar-refractivity contribution in [1.29, 1.82) is 0 Å². The van der Waals surface area contributed by atoms with Gasteiger partial charge in [-0.25, -0.2) is 13.1 Å². The molecular formula is C11H15ClF3N3O3S. The highest BCUT2D eigenvalue weighted by molar-refractivity contribution is 7.89. The molecule has 1 aromatic rings. The van der Waals surface area contributed by atoms with Crippen LogP contribution < -0.4 is 15.8 Å². The molecule has 1 rings (SSSR count). The molecule has 22 heavy (non-hydrogen) atoms. The number of benzene rings is 1. The Morgan fingerprint density at radius 2 is 1.91 bits per heavy atom. The van der Waals surface area contributed by atoms with Crippen LogP contribution in [0.5, 0.6) is 0 Å². The highest BCUT2D eigenvalue weighted by Gasteiger charge is 2.28. The van der Waals surface area contributed by atoms with Crippen LogP contribution in [0.3, 0.4) is 0 Å². The fourth-order valence-corrected chi connectivity index (χ4v) is 2.46. The zero-order chi connectivity index (χ0) is 16.1. The summed E-state index contributed by atoms with van der Waals surface area (Å²) in [6.07, 6.45) is -4.54. The molecule has 0 bridgehead atoms. The number of nitrogens with one attached hydrogen (secondary N) is 2. The Morgan fingerprint density at radius 3 is 2.45 bits per heavy atom. The average molecular weight is 362 g/mol. The number of halogens is 4. The van der Waals surface area contributed by atoms with Crippen molar-refractivity contribution in [1.82, 2.24) is 10.0 Å². The van der Waals surface area contributed by atoms with Gasteiger partial charge in [0.1, 0.15) is 6.54 Å². The average Bonchev–Trinajstić information content (AvgIpc) is 2.42. The maximum atomic E-state index is 12.0. The summed E-state index contributed by atoms with van der Waals surface area (Å²) in [5, 5.41) is 1.66. The summed E-state index contributed by atoms with van der Waals surface area (Å²) in [4.78, 5) is 11.3. The molecule has 0 heterocycles. The second-order valence-electron chi connectivity index (χ2n) is 4.01. The fourth-order valence-electron chi connectivity index (χ4n) is 1.36. The third-order valence-corrected chi connectivity index (χ3v) is 3.75. The summed E-state index contributed by atoms with van der Waals surface area (Å²) >= 11 is 0. The van der Waals surface area contributed by atoms with E-state index in [9.17, 15) is 26.4 Å². The molecule has 0 aliphatic rings. The lowest BCUT2D eigenvalue weighted by Crippen LogP contribution is -2.34. The third-order valence-electron chi connectivity index (χ3n) is 2.29. The lowest BCUT2D eigenvalue weighted by Gasteiger charge is -2.10. The lowest BCUT2D eigenvalue weighted by atomic mass is 10.2. The highest BCUT2D eigenvalue weighted by Crippen LogP contribution is 2.14. The van der Waals surface area contributed by atoms with E-state index in [1.807, 2.05) is 0 Å². The van der Waals surface area contributed by atoms with Gasteiger partial charge in [-0.2, -0.15) is 13.2 Å². The minimum atomic E-state index is -4.54. The van der Waals surface area contributed by atoms with Crippen LogP contribution in [0.4, 0.5) is 13.2 Å². The lowest BCUT2D eigenvalue weighted by molar-refractivity contribution is -0.123. The van der Waals surface area contributed by atoms with E-state index in [1.54, 1.807) is 5.32 Å². The predicted octanol–water partition coefficient (Wildman–Crippen LogP) is 0.637. The summed E-state index contributed by atoms with van der Waals surface area (Å²) in [7, 11) is -3.85. The molecule has 0 spiro atoms. The van der Waals surface area contributed by atoms with Crippen LogP contribution in [0.25, 0.3) is 0 Å². The van der Waals surface area contributed by atoms with E-state index >= 15 is 0 Å². The highest BCUT2D eigenvalue weighted by atomic mass is 35.5. The van der Waals surface area contributed by atoms with Gasteiger partial charge in [-0.05, 0) is 18.2 Å². The molecule has 0 aromatic heterocycles. The number of hydrogen-bond acceptors (Lipinski definition) is 4. The first-order valence-electron chi connectivity index (χ1n) is 5.80. The molecule has 0 radical (unpaired) electrons. The molecule has 0 aliphatic heterocycles. The van der Waals surface area contributed by atoms with E-state index in [0.717, 1.165) is 6.07 Å². The third kappa shape index (κ3) is 6.60. The zero-order valence-electron chi connectivity index (χ0n) is 11.2. The van der Waals surface area contributed by atoms with Crippen molar-refractivity contribution < 1.29 is 26.4 Å². The van der Waals surface area contributed by atoms with Gasteiger partial charge in [0, 0.05) is 18.7 Å². The maximum absolute atomic E-state index is 12.0. The first kappa shape index (κ1) is 20.6. The Balaban J connectivity index is 0.00000441. The zero-order valence-corrected chi connectivity index (χ0v) is 12.8. The topological polar surface area (TPSA) is 101 Å². The Labute approximate surface area is 131 Å². The van der Waals surface area contributed by atoms with Crippen LogP contribution in [0.15, 0.2) is 29.2 Å².